The Morgan fingerprint density at radius 2 is 2.00 bits per heavy atom. The fraction of sp³-hybridized carbons (Fsp3) is 0.231. The third-order valence-electron chi connectivity index (χ3n) is 2.48. The summed E-state index contributed by atoms with van der Waals surface area (Å²) < 4.78 is 0. The minimum atomic E-state index is -0.957. The average molecular weight is 275 g/mol. The number of carbonyl (C=O) groups is 1. The second kappa shape index (κ2) is 5.79. The minimum absolute atomic E-state index is 0.256. The van der Waals surface area contributed by atoms with Crippen LogP contribution in [0, 0.1) is 13.8 Å². The predicted octanol–water partition coefficient (Wildman–Crippen LogP) is 2.48. The number of aryl methyl sites for hydroxylation is 2. The number of pyridine rings is 1. The van der Waals surface area contributed by atoms with Crippen molar-refractivity contribution in [2.75, 3.05) is 0 Å². The smallest absolute Gasteiger partial charge is 0.338 e. The summed E-state index contributed by atoms with van der Waals surface area (Å²) in [6, 6.07) is 3.51. The first-order chi connectivity index (χ1) is 9.08. The van der Waals surface area contributed by atoms with Crippen LogP contribution in [0.25, 0.3) is 0 Å². The van der Waals surface area contributed by atoms with Gasteiger partial charge in [0.15, 0.2) is 0 Å². The van der Waals surface area contributed by atoms with Gasteiger partial charge in [0.25, 0.3) is 0 Å². The van der Waals surface area contributed by atoms with E-state index in [1.807, 2.05) is 6.92 Å². The van der Waals surface area contributed by atoms with Gasteiger partial charge in [0.05, 0.1) is 11.3 Å². The van der Waals surface area contributed by atoms with Crippen LogP contribution in [0.2, 0.25) is 0 Å². The molecule has 0 aliphatic heterocycles. The Morgan fingerprint density at radius 3 is 2.63 bits per heavy atom. The van der Waals surface area contributed by atoms with Gasteiger partial charge >= 0.3 is 5.97 Å². The second-order valence-electron chi connectivity index (χ2n) is 4.02. The van der Waals surface area contributed by atoms with Crippen molar-refractivity contribution in [3.63, 3.8) is 0 Å². The Morgan fingerprint density at radius 1 is 1.32 bits per heavy atom. The van der Waals surface area contributed by atoms with Gasteiger partial charge in [-0.15, -0.1) is 0 Å². The zero-order valence-corrected chi connectivity index (χ0v) is 11.4. The number of nitrogens with zero attached hydrogens (tertiary/aromatic N) is 3. The van der Waals surface area contributed by atoms with E-state index in [0.717, 1.165) is 11.3 Å². The van der Waals surface area contributed by atoms with Crippen LogP contribution in [0.1, 0.15) is 27.4 Å². The lowest BCUT2D eigenvalue weighted by atomic mass is 10.1. The first-order valence-corrected chi connectivity index (χ1v) is 6.66. The van der Waals surface area contributed by atoms with Crippen LogP contribution in [0.4, 0.5) is 0 Å². The van der Waals surface area contributed by atoms with Gasteiger partial charge in [-0.1, -0.05) is 11.8 Å². The second-order valence-corrected chi connectivity index (χ2v) is 4.98. The molecule has 0 bridgehead atoms. The maximum atomic E-state index is 11.3. The van der Waals surface area contributed by atoms with Gasteiger partial charge in [0.2, 0.25) is 0 Å². The molecule has 2 aromatic rings. The number of aromatic carboxylic acids is 1. The molecule has 6 heteroatoms. The molecular formula is C13H13N3O2S. The van der Waals surface area contributed by atoms with Crippen LogP contribution in [-0.4, -0.2) is 26.0 Å². The zero-order chi connectivity index (χ0) is 13.8. The van der Waals surface area contributed by atoms with Gasteiger partial charge in [-0.05, 0) is 31.5 Å². The van der Waals surface area contributed by atoms with Crippen molar-refractivity contribution in [1.29, 1.82) is 0 Å². The maximum absolute atomic E-state index is 11.3. The molecule has 2 rings (SSSR count). The summed E-state index contributed by atoms with van der Waals surface area (Å²) in [5.41, 5.74) is 1.78. The van der Waals surface area contributed by atoms with Gasteiger partial charge in [-0.25, -0.2) is 19.7 Å². The Labute approximate surface area is 115 Å². The summed E-state index contributed by atoms with van der Waals surface area (Å²) >= 11 is 1.34. The van der Waals surface area contributed by atoms with Crippen LogP contribution < -0.4 is 0 Å². The zero-order valence-electron chi connectivity index (χ0n) is 10.6. The molecule has 2 heterocycles. The van der Waals surface area contributed by atoms with E-state index in [2.05, 4.69) is 15.0 Å². The van der Waals surface area contributed by atoms with Gasteiger partial charge < -0.3 is 5.11 Å². The summed E-state index contributed by atoms with van der Waals surface area (Å²) in [6.07, 6.45) is 3.33. The molecule has 0 aliphatic carbocycles. The molecule has 98 valence electrons. The number of carboxylic acid groups (broad SMARTS) is 1. The Hall–Kier alpha value is -1.95. The molecule has 0 aromatic carbocycles. The number of thioether (sulfide) groups is 1. The molecule has 0 amide bonds. The lowest BCUT2D eigenvalue weighted by molar-refractivity contribution is 0.0691. The normalized spacial score (nSPS) is 10.4. The van der Waals surface area contributed by atoms with E-state index in [4.69, 9.17) is 0 Å². The van der Waals surface area contributed by atoms with Crippen molar-refractivity contribution in [3.8, 4) is 0 Å². The molecule has 0 aliphatic rings. The lowest BCUT2D eigenvalue weighted by Gasteiger charge is -2.08. The summed E-state index contributed by atoms with van der Waals surface area (Å²) in [7, 11) is 0. The summed E-state index contributed by atoms with van der Waals surface area (Å²) in [4.78, 5) is 23.8. The van der Waals surface area contributed by atoms with E-state index in [-0.39, 0.29) is 5.56 Å². The fourth-order valence-electron chi connectivity index (χ4n) is 1.70. The van der Waals surface area contributed by atoms with Crippen molar-refractivity contribution in [2.45, 2.75) is 24.6 Å². The van der Waals surface area contributed by atoms with Gasteiger partial charge in [-0.3, -0.25) is 0 Å². The monoisotopic (exact) mass is 275 g/mol. The molecule has 0 saturated carbocycles. The number of rotatable bonds is 4. The molecule has 0 saturated heterocycles. The number of aromatic nitrogens is 3. The molecule has 0 atom stereocenters. The summed E-state index contributed by atoms with van der Waals surface area (Å²) in [5, 5.41) is 9.76. The Balaban J connectivity index is 2.27. The van der Waals surface area contributed by atoms with Crippen molar-refractivity contribution >= 4 is 17.7 Å². The topological polar surface area (TPSA) is 76.0 Å². The van der Waals surface area contributed by atoms with Crippen LogP contribution in [0.5, 0.6) is 0 Å². The molecule has 2 aromatic heterocycles. The molecule has 0 fully saturated rings. The first-order valence-electron chi connectivity index (χ1n) is 5.68. The first kappa shape index (κ1) is 13.5. The van der Waals surface area contributed by atoms with Crippen LogP contribution >= 0.6 is 11.8 Å². The maximum Gasteiger partial charge on any atom is 0.338 e. The van der Waals surface area contributed by atoms with Crippen molar-refractivity contribution in [3.05, 3.63) is 47.2 Å². The molecule has 0 spiro atoms. The van der Waals surface area contributed by atoms with E-state index >= 15 is 0 Å². The molecule has 0 radical (unpaired) electrons. The fourth-order valence-corrected chi connectivity index (χ4v) is 2.72. The molecule has 0 unspecified atom stereocenters. The summed E-state index contributed by atoms with van der Waals surface area (Å²) in [6.45, 7) is 3.63. The third kappa shape index (κ3) is 3.29. The summed E-state index contributed by atoms with van der Waals surface area (Å²) in [5.74, 6) is 0.197. The van der Waals surface area contributed by atoms with Crippen LogP contribution in [0.15, 0.2) is 29.6 Å². The number of carboxylic acids is 1. The Kier molecular flexibility index (Phi) is 4.11. The van der Waals surface area contributed by atoms with Crippen LogP contribution in [0.3, 0.4) is 0 Å². The molecule has 1 N–H and O–H groups in total. The van der Waals surface area contributed by atoms with E-state index in [1.54, 1.807) is 31.5 Å². The highest BCUT2D eigenvalue weighted by Gasteiger charge is 2.16. The highest BCUT2D eigenvalue weighted by molar-refractivity contribution is 7.98. The van der Waals surface area contributed by atoms with Gasteiger partial charge in [0.1, 0.15) is 10.9 Å². The van der Waals surface area contributed by atoms with Crippen LogP contribution in [-0.2, 0) is 5.75 Å². The number of hydrogen-bond donors (Lipinski definition) is 1. The average Bonchev–Trinajstić information content (AvgIpc) is 2.36. The SMILES string of the molecule is Cc1cc(C)c(C(=O)O)c(SCc2ncccn2)n1. The third-order valence-corrected chi connectivity index (χ3v) is 3.45. The predicted molar refractivity (Wildman–Crippen MR) is 72.3 cm³/mol. The Bertz CT molecular complexity index is 602. The van der Waals surface area contributed by atoms with Crippen molar-refractivity contribution < 1.29 is 9.90 Å². The van der Waals surface area contributed by atoms with E-state index in [9.17, 15) is 9.90 Å². The molecular weight excluding hydrogens is 262 g/mol. The van der Waals surface area contributed by atoms with E-state index in [0.29, 0.717) is 16.6 Å². The highest BCUT2D eigenvalue weighted by Crippen LogP contribution is 2.26. The largest absolute Gasteiger partial charge is 0.478 e. The van der Waals surface area contributed by atoms with Crippen molar-refractivity contribution in [2.24, 2.45) is 0 Å². The molecule has 5 nitrogen and oxygen atoms in total. The quantitative estimate of drug-likeness (QED) is 0.864. The van der Waals surface area contributed by atoms with E-state index < -0.39 is 5.97 Å². The van der Waals surface area contributed by atoms with E-state index in [1.165, 1.54) is 11.8 Å². The lowest BCUT2D eigenvalue weighted by Crippen LogP contribution is -2.05. The molecule has 19 heavy (non-hydrogen) atoms. The van der Waals surface area contributed by atoms with Gasteiger partial charge in [0, 0.05) is 18.1 Å². The highest BCUT2D eigenvalue weighted by atomic mass is 32.2. The standard InChI is InChI=1S/C13H13N3O2S/c1-8-6-9(2)16-12(11(8)13(17)18)19-7-10-14-4-3-5-15-10/h3-6H,7H2,1-2H3,(H,17,18). The number of hydrogen-bond acceptors (Lipinski definition) is 5. The van der Waals surface area contributed by atoms with Crippen molar-refractivity contribution in [1.82, 2.24) is 15.0 Å². The van der Waals surface area contributed by atoms with Gasteiger partial charge in [-0.2, -0.15) is 0 Å². The minimum Gasteiger partial charge on any atom is -0.478 e.